The molecule has 1 unspecified atom stereocenters. The van der Waals surface area contributed by atoms with Gasteiger partial charge in [-0.3, -0.25) is 10.1 Å². The Morgan fingerprint density at radius 2 is 2.40 bits per heavy atom. The van der Waals surface area contributed by atoms with Gasteiger partial charge in [0.05, 0.1) is 12.6 Å². The van der Waals surface area contributed by atoms with Crippen LogP contribution in [0.4, 0.5) is 0 Å². The van der Waals surface area contributed by atoms with E-state index in [4.69, 9.17) is 4.74 Å². The van der Waals surface area contributed by atoms with Crippen LogP contribution in [-0.4, -0.2) is 54.8 Å². The topological polar surface area (TPSA) is 41.6 Å². The summed E-state index contributed by atoms with van der Waals surface area (Å²) >= 11 is 1.78. The Morgan fingerprint density at radius 3 is 2.93 bits per heavy atom. The van der Waals surface area contributed by atoms with Crippen molar-refractivity contribution in [2.45, 2.75) is 19.9 Å². The summed E-state index contributed by atoms with van der Waals surface area (Å²) in [6.07, 6.45) is 0. The van der Waals surface area contributed by atoms with Crippen molar-refractivity contribution in [1.29, 1.82) is 0 Å². The highest BCUT2D eigenvalue weighted by Crippen LogP contribution is 2.11. The molecule has 88 valence electrons. The lowest BCUT2D eigenvalue weighted by Crippen LogP contribution is -2.46. The van der Waals surface area contributed by atoms with E-state index in [1.165, 1.54) is 0 Å². The quantitative estimate of drug-likeness (QED) is 0.679. The average molecular weight is 232 g/mol. The van der Waals surface area contributed by atoms with Crippen molar-refractivity contribution in [2.75, 3.05) is 37.9 Å². The summed E-state index contributed by atoms with van der Waals surface area (Å²) < 4.78 is 5.26. The Morgan fingerprint density at radius 1 is 1.60 bits per heavy atom. The summed E-state index contributed by atoms with van der Waals surface area (Å²) in [6, 6.07) is 0.0107. The molecule has 0 aliphatic carbocycles. The molecule has 1 aliphatic rings. The third-order valence-corrected chi connectivity index (χ3v) is 3.36. The van der Waals surface area contributed by atoms with Crippen LogP contribution in [0.3, 0.4) is 0 Å². The molecular formula is C10H20N2O2S. The van der Waals surface area contributed by atoms with Crippen molar-refractivity contribution >= 4 is 17.7 Å². The molecule has 1 rings (SSSR count). The predicted molar refractivity (Wildman–Crippen MR) is 63.0 cm³/mol. The summed E-state index contributed by atoms with van der Waals surface area (Å²) in [7, 11) is 0. The second kappa shape index (κ2) is 7.09. The Kier molecular flexibility index (Phi) is 6.05. The Hall–Kier alpha value is -0.260. The number of amides is 1. The standard InChI is InChI=1S/C10H20N2O2S/c1-3-12(5-6-14-4-2)10(13)9-7-15-8-11-9/h9,11H,3-8H2,1-2H3. The molecular weight excluding hydrogens is 212 g/mol. The first-order valence-corrected chi connectivity index (χ1v) is 6.62. The second-order valence-corrected chi connectivity index (χ2v) is 4.42. The minimum absolute atomic E-state index is 0.0107. The zero-order chi connectivity index (χ0) is 11.1. The molecule has 4 nitrogen and oxygen atoms in total. The van der Waals surface area contributed by atoms with Crippen molar-refractivity contribution < 1.29 is 9.53 Å². The second-order valence-electron chi connectivity index (χ2n) is 3.39. The fourth-order valence-electron chi connectivity index (χ4n) is 1.52. The van der Waals surface area contributed by atoms with Gasteiger partial charge in [-0.05, 0) is 13.8 Å². The minimum Gasteiger partial charge on any atom is -0.380 e. The highest BCUT2D eigenvalue weighted by Gasteiger charge is 2.26. The molecule has 0 spiro atoms. The third kappa shape index (κ3) is 4.01. The molecule has 1 aliphatic heterocycles. The maximum Gasteiger partial charge on any atom is 0.240 e. The number of carbonyl (C=O) groups is 1. The highest BCUT2D eigenvalue weighted by atomic mass is 32.2. The van der Waals surface area contributed by atoms with Crippen molar-refractivity contribution in [1.82, 2.24) is 10.2 Å². The molecule has 0 saturated carbocycles. The normalized spacial score (nSPS) is 20.5. The number of nitrogens with zero attached hydrogens (tertiary/aromatic N) is 1. The number of likely N-dealkylation sites (N-methyl/N-ethyl adjacent to an activating group) is 1. The van der Waals surface area contributed by atoms with Gasteiger partial charge in [-0.25, -0.2) is 0 Å². The lowest BCUT2D eigenvalue weighted by atomic mass is 10.3. The first-order valence-electron chi connectivity index (χ1n) is 5.47. The zero-order valence-corrected chi connectivity index (χ0v) is 10.3. The maximum atomic E-state index is 12.0. The van der Waals surface area contributed by atoms with E-state index in [1.807, 2.05) is 18.7 Å². The van der Waals surface area contributed by atoms with E-state index in [2.05, 4.69) is 5.32 Å². The summed E-state index contributed by atoms with van der Waals surface area (Å²) in [5.41, 5.74) is 0. The zero-order valence-electron chi connectivity index (χ0n) is 9.49. The van der Waals surface area contributed by atoms with Crippen LogP contribution in [0.5, 0.6) is 0 Å². The number of thioether (sulfide) groups is 1. The average Bonchev–Trinajstić information content (AvgIpc) is 2.77. The highest BCUT2D eigenvalue weighted by molar-refractivity contribution is 7.99. The lowest BCUT2D eigenvalue weighted by molar-refractivity contribution is -0.133. The number of hydrogen-bond acceptors (Lipinski definition) is 4. The Bertz CT molecular complexity index is 196. The molecule has 1 amide bonds. The summed E-state index contributed by atoms with van der Waals surface area (Å²) in [5.74, 6) is 1.99. The van der Waals surface area contributed by atoms with Crippen LogP contribution in [0.2, 0.25) is 0 Å². The van der Waals surface area contributed by atoms with Gasteiger partial charge in [-0.1, -0.05) is 0 Å². The molecule has 5 heteroatoms. The van der Waals surface area contributed by atoms with Crippen LogP contribution >= 0.6 is 11.8 Å². The smallest absolute Gasteiger partial charge is 0.240 e. The van der Waals surface area contributed by atoms with E-state index in [1.54, 1.807) is 11.8 Å². The van der Waals surface area contributed by atoms with E-state index in [0.29, 0.717) is 19.8 Å². The van der Waals surface area contributed by atoms with E-state index in [-0.39, 0.29) is 11.9 Å². The van der Waals surface area contributed by atoms with Gasteiger partial charge in [-0.2, -0.15) is 0 Å². The monoisotopic (exact) mass is 232 g/mol. The predicted octanol–water partition coefficient (Wildman–Crippen LogP) is 0.534. The number of rotatable bonds is 6. The molecule has 0 radical (unpaired) electrons. The van der Waals surface area contributed by atoms with Gasteiger partial charge in [-0.15, -0.1) is 11.8 Å². The molecule has 1 N–H and O–H groups in total. The summed E-state index contributed by atoms with van der Waals surface area (Å²) in [6.45, 7) is 6.78. The van der Waals surface area contributed by atoms with Crippen LogP contribution in [0.1, 0.15) is 13.8 Å². The van der Waals surface area contributed by atoms with Gasteiger partial charge in [0, 0.05) is 31.3 Å². The summed E-state index contributed by atoms with van der Waals surface area (Å²) in [5, 5.41) is 3.19. The lowest BCUT2D eigenvalue weighted by Gasteiger charge is -2.23. The van der Waals surface area contributed by atoms with E-state index in [0.717, 1.165) is 18.2 Å². The van der Waals surface area contributed by atoms with Crippen molar-refractivity contribution in [3.8, 4) is 0 Å². The molecule has 1 saturated heterocycles. The van der Waals surface area contributed by atoms with Crippen LogP contribution in [0, 0.1) is 0 Å². The SMILES string of the molecule is CCOCCN(CC)C(=O)C1CSCN1. The molecule has 15 heavy (non-hydrogen) atoms. The van der Waals surface area contributed by atoms with Gasteiger partial charge >= 0.3 is 0 Å². The van der Waals surface area contributed by atoms with Gasteiger partial charge in [0.2, 0.25) is 5.91 Å². The van der Waals surface area contributed by atoms with Crippen molar-refractivity contribution in [3.05, 3.63) is 0 Å². The van der Waals surface area contributed by atoms with Crippen LogP contribution in [0.25, 0.3) is 0 Å². The van der Waals surface area contributed by atoms with Gasteiger partial charge < -0.3 is 9.64 Å². The summed E-state index contributed by atoms with van der Waals surface area (Å²) in [4.78, 5) is 13.8. The van der Waals surface area contributed by atoms with Crippen LogP contribution in [-0.2, 0) is 9.53 Å². The molecule has 1 heterocycles. The molecule has 0 bridgehead atoms. The molecule has 0 aromatic heterocycles. The number of nitrogens with one attached hydrogen (secondary N) is 1. The molecule has 1 fully saturated rings. The third-order valence-electron chi connectivity index (χ3n) is 2.42. The van der Waals surface area contributed by atoms with E-state index >= 15 is 0 Å². The van der Waals surface area contributed by atoms with Crippen LogP contribution < -0.4 is 5.32 Å². The largest absolute Gasteiger partial charge is 0.380 e. The molecule has 0 aromatic carbocycles. The molecule has 0 aromatic rings. The first-order chi connectivity index (χ1) is 7.29. The Labute approximate surface area is 95.7 Å². The molecule has 1 atom stereocenters. The number of hydrogen-bond donors (Lipinski definition) is 1. The number of ether oxygens (including phenoxy) is 1. The van der Waals surface area contributed by atoms with Crippen molar-refractivity contribution in [3.63, 3.8) is 0 Å². The first kappa shape index (κ1) is 12.8. The Balaban J connectivity index is 2.32. The van der Waals surface area contributed by atoms with Crippen LogP contribution in [0.15, 0.2) is 0 Å². The minimum atomic E-state index is 0.0107. The van der Waals surface area contributed by atoms with Crippen molar-refractivity contribution in [2.24, 2.45) is 0 Å². The van der Waals surface area contributed by atoms with E-state index in [9.17, 15) is 4.79 Å². The fourth-order valence-corrected chi connectivity index (χ4v) is 2.45. The fraction of sp³-hybridized carbons (Fsp3) is 0.900. The number of carbonyl (C=O) groups excluding carboxylic acids is 1. The van der Waals surface area contributed by atoms with Gasteiger partial charge in [0.25, 0.3) is 0 Å². The van der Waals surface area contributed by atoms with E-state index < -0.39 is 0 Å². The maximum absolute atomic E-state index is 12.0. The van der Waals surface area contributed by atoms with Gasteiger partial charge in [0.1, 0.15) is 0 Å². The van der Waals surface area contributed by atoms with Gasteiger partial charge in [0.15, 0.2) is 0 Å².